The Kier molecular flexibility index (Phi) is 3.43. The monoisotopic (exact) mass is 289 g/mol. The summed E-state index contributed by atoms with van der Waals surface area (Å²) in [5.41, 5.74) is -0.430. The van der Waals surface area contributed by atoms with Crippen LogP contribution in [-0.2, 0) is 11.4 Å². The molecule has 1 aromatic rings. The topological polar surface area (TPSA) is 79.7 Å². The maximum Gasteiger partial charge on any atom is 0.430 e. The van der Waals surface area contributed by atoms with Crippen molar-refractivity contribution < 1.29 is 32.9 Å². The number of aliphatic carboxylic acids is 1. The summed E-state index contributed by atoms with van der Waals surface area (Å²) in [5, 5.41) is 18.0. The molecule has 2 rings (SSSR count). The van der Waals surface area contributed by atoms with Crippen molar-refractivity contribution in [3.8, 4) is 5.75 Å². The Morgan fingerprint density at radius 3 is 2.65 bits per heavy atom. The van der Waals surface area contributed by atoms with Crippen LogP contribution < -0.4 is 4.74 Å². The van der Waals surface area contributed by atoms with Crippen LogP contribution in [0.5, 0.6) is 5.75 Å². The molecule has 1 aromatic heterocycles. The highest BCUT2D eigenvalue weighted by Gasteiger charge is 2.49. The van der Waals surface area contributed by atoms with Gasteiger partial charge in [0.2, 0.25) is 6.10 Å². The highest BCUT2D eigenvalue weighted by Crippen LogP contribution is 2.39. The normalized spacial score (nSPS) is 18.1. The number of ether oxygens (including phenoxy) is 1. The van der Waals surface area contributed by atoms with Gasteiger partial charge in [-0.2, -0.15) is 13.2 Å². The van der Waals surface area contributed by atoms with Crippen LogP contribution in [0.25, 0.3) is 6.08 Å². The fourth-order valence-corrected chi connectivity index (χ4v) is 1.91. The fourth-order valence-electron chi connectivity index (χ4n) is 1.91. The van der Waals surface area contributed by atoms with Gasteiger partial charge in [-0.25, -0.2) is 4.79 Å². The number of aryl methyl sites for hydroxylation is 1. The number of fused-ring (bicyclic) bond motifs is 1. The fraction of sp³-hybridized carbons (Fsp3) is 0.333. The first-order chi connectivity index (χ1) is 9.25. The number of aliphatic hydroxyl groups is 1. The van der Waals surface area contributed by atoms with Crippen molar-refractivity contribution in [1.29, 1.82) is 0 Å². The van der Waals surface area contributed by atoms with Gasteiger partial charge in [-0.05, 0) is 13.0 Å². The van der Waals surface area contributed by atoms with Crippen molar-refractivity contribution in [1.82, 2.24) is 4.98 Å². The Morgan fingerprint density at radius 1 is 1.50 bits per heavy atom. The van der Waals surface area contributed by atoms with Crippen molar-refractivity contribution in [3.05, 3.63) is 28.6 Å². The molecule has 0 spiro atoms. The van der Waals surface area contributed by atoms with Crippen LogP contribution in [0.15, 0.2) is 11.8 Å². The van der Waals surface area contributed by atoms with Gasteiger partial charge in [0.1, 0.15) is 5.75 Å². The number of hydrogen-bond donors (Lipinski definition) is 2. The molecule has 0 unspecified atom stereocenters. The van der Waals surface area contributed by atoms with Crippen molar-refractivity contribution in [2.45, 2.75) is 25.8 Å². The molecule has 0 amide bonds. The second-order valence-electron chi connectivity index (χ2n) is 4.21. The van der Waals surface area contributed by atoms with E-state index in [9.17, 15) is 18.0 Å². The first kappa shape index (κ1) is 14.3. The standard InChI is InChI=1S/C12H10F3NO4/c1-5-9-7(6(4-17)3-16-5)2-8(11(18)19)10(20-9)12(13,14)15/h2-3,10,17H,4H2,1H3,(H,18,19)/t10-/m0/s1. The Hall–Kier alpha value is -2.09. The van der Waals surface area contributed by atoms with E-state index in [0.717, 1.165) is 6.08 Å². The van der Waals surface area contributed by atoms with Gasteiger partial charge >= 0.3 is 12.1 Å². The minimum Gasteiger partial charge on any atom is -0.478 e. The zero-order chi connectivity index (χ0) is 15.1. The minimum absolute atomic E-state index is 0.109. The number of rotatable bonds is 2. The summed E-state index contributed by atoms with van der Waals surface area (Å²) in [7, 11) is 0. The zero-order valence-corrected chi connectivity index (χ0v) is 10.2. The molecule has 1 atom stereocenters. The summed E-state index contributed by atoms with van der Waals surface area (Å²) in [6, 6.07) is 0. The van der Waals surface area contributed by atoms with E-state index in [1.165, 1.54) is 13.1 Å². The van der Waals surface area contributed by atoms with E-state index in [4.69, 9.17) is 14.9 Å². The van der Waals surface area contributed by atoms with Crippen LogP contribution >= 0.6 is 0 Å². The Balaban J connectivity index is 2.65. The van der Waals surface area contributed by atoms with E-state index in [-0.39, 0.29) is 22.6 Å². The van der Waals surface area contributed by atoms with Crippen LogP contribution in [0.4, 0.5) is 13.2 Å². The highest BCUT2D eigenvalue weighted by molar-refractivity contribution is 5.95. The molecule has 0 radical (unpaired) electrons. The van der Waals surface area contributed by atoms with Gasteiger partial charge in [0, 0.05) is 17.3 Å². The molecule has 0 saturated carbocycles. The van der Waals surface area contributed by atoms with Crippen LogP contribution in [0.1, 0.15) is 16.8 Å². The Morgan fingerprint density at radius 2 is 2.15 bits per heavy atom. The minimum atomic E-state index is -4.86. The molecule has 8 heteroatoms. The zero-order valence-electron chi connectivity index (χ0n) is 10.2. The largest absolute Gasteiger partial charge is 0.478 e. The molecule has 1 aliphatic heterocycles. The number of halogens is 3. The predicted molar refractivity (Wildman–Crippen MR) is 61.0 cm³/mol. The second-order valence-corrected chi connectivity index (χ2v) is 4.21. The van der Waals surface area contributed by atoms with Crippen LogP contribution in [0.3, 0.4) is 0 Å². The second kappa shape index (κ2) is 4.78. The van der Waals surface area contributed by atoms with E-state index in [2.05, 4.69) is 4.98 Å². The van der Waals surface area contributed by atoms with E-state index in [0.29, 0.717) is 0 Å². The van der Waals surface area contributed by atoms with Crippen molar-refractivity contribution >= 4 is 12.0 Å². The summed E-state index contributed by atoms with van der Waals surface area (Å²) in [4.78, 5) is 14.8. The summed E-state index contributed by atoms with van der Waals surface area (Å²) in [6.07, 6.45) is -5.27. The van der Waals surface area contributed by atoms with Crippen LogP contribution in [0, 0.1) is 6.92 Å². The quantitative estimate of drug-likeness (QED) is 0.865. The highest BCUT2D eigenvalue weighted by atomic mass is 19.4. The average molecular weight is 289 g/mol. The summed E-state index contributed by atoms with van der Waals surface area (Å²) < 4.78 is 43.4. The molecule has 0 aromatic carbocycles. The van der Waals surface area contributed by atoms with E-state index < -0.39 is 30.4 Å². The maximum absolute atomic E-state index is 12.9. The Bertz CT molecular complexity index is 595. The number of carbonyl (C=O) groups is 1. The van der Waals surface area contributed by atoms with Gasteiger partial charge in [0.05, 0.1) is 17.9 Å². The number of aliphatic hydroxyl groups excluding tert-OH is 1. The molecule has 2 N–H and O–H groups in total. The Labute approximate surface area is 111 Å². The first-order valence-corrected chi connectivity index (χ1v) is 5.53. The van der Waals surface area contributed by atoms with Crippen molar-refractivity contribution in [2.75, 3.05) is 0 Å². The van der Waals surface area contributed by atoms with E-state index in [1.807, 2.05) is 0 Å². The number of aromatic nitrogens is 1. The van der Waals surface area contributed by atoms with Crippen molar-refractivity contribution in [3.63, 3.8) is 0 Å². The lowest BCUT2D eigenvalue weighted by atomic mass is 9.98. The lowest BCUT2D eigenvalue weighted by Gasteiger charge is -2.28. The van der Waals surface area contributed by atoms with Gasteiger partial charge in [-0.3, -0.25) is 4.98 Å². The van der Waals surface area contributed by atoms with Gasteiger partial charge < -0.3 is 14.9 Å². The number of pyridine rings is 1. The summed E-state index contributed by atoms with van der Waals surface area (Å²) in [6.45, 7) is 0.950. The molecule has 0 aliphatic carbocycles. The van der Waals surface area contributed by atoms with E-state index >= 15 is 0 Å². The molecule has 0 saturated heterocycles. The third kappa shape index (κ3) is 2.34. The first-order valence-electron chi connectivity index (χ1n) is 5.53. The molecule has 1 aliphatic rings. The van der Waals surface area contributed by atoms with Gasteiger partial charge in [-0.1, -0.05) is 0 Å². The lowest BCUT2D eigenvalue weighted by molar-refractivity contribution is -0.187. The molecule has 2 heterocycles. The number of carboxylic acid groups (broad SMARTS) is 1. The molecular weight excluding hydrogens is 279 g/mol. The van der Waals surface area contributed by atoms with Crippen LogP contribution in [-0.4, -0.2) is 33.4 Å². The molecule has 20 heavy (non-hydrogen) atoms. The van der Waals surface area contributed by atoms with E-state index in [1.54, 1.807) is 0 Å². The third-order valence-electron chi connectivity index (χ3n) is 2.87. The summed E-state index contributed by atoms with van der Waals surface area (Å²) in [5.74, 6) is -1.89. The SMILES string of the molecule is Cc1ncc(CO)c2c1O[C@H](C(F)(F)F)C(C(=O)O)=C2. The molecule has 5 nitrogen and oxygen atoms in total. The number of nitrogens with zero attached hydrogens (tertiary/aromatic N) is 1. The van der Waals surface area contributed by atoms with Gasteiger partial charge in [-0.15, -0.1) is 0 Å². The van der Waals surface area contributed by atoms with Crippen LogP contribution in [0.2, 0.25) is 0 Å². The predicted octanol–water partition coefficient (Wildman–Crippen LogP) is 1.67. The van der Waals surface area contributed by atoms with Gasteiger partial charge in [0.25, 0.3) is 0 Å². The summed E-state index contributed by atoms with van der Waals surface area (Å²) >= 11 is 0. The number of alkyl halides is 3. The number of carboxylic acids is 1. The molecule has 0 bridgehead atoms. The molecule has 108 valence electrons. The average Bonchev–Trinajstić information content (AvgIpc) is 2.37. The number of hydrogen-bond acceptors (Lipinski definition) is 4. The van der Waals surface area contributed by atoms with Crippen molar-refractivity contribution in [2.24, 2.45) is 0 Å². The lowest BCUT2D eigenvalue weighted by Crippen LogP contribution is -2.40. The smallest absolute Gasteiger partial charge is 0.430 e. The van der Waals surface area contributed by atoms with Gasteiger partial charge in [0.15, 0.2) is 0 Å². The maximum atomic E-state index is 12.9. The molecule has 0 fully saturated rings. The molecular formula is C12H10F3NO4. The third-order valence-corrected chi connectivity index (χ3v) is 2.87.